The fraction of sp³-hybridized carbons (Fsp3) is 0.440. The van der Waals surface area contributed by atoms with Crippen molar-refractivity contribution in [1.29, 1.82) is 0 Å². The number of rotatable bonds is 5. The average Bonchev–Trinajstić information content (AvgIpc) is 3.19. The smallest absolute Gasteiger partial charge is 0.243 e. The fourth-order valence-corrected chi connectivity index (χ4v) is 7.69. The molecule has 0 bridgehead atoms. The van der Waals surface area contributed by atoms with E-state index in [-0.39, 0.29) is 11.8 Å². The predicted molar refractivity (Wildman–Crippen MR) is 133 cm³/mol. The van der Waals surface area contributed by atoms with E-state index in [0.29, 0.717) is 37.4 Å². The molecule has 1 aliphatic rings. The second-order valence-corrected chi connectivity index (χ2v) is 12.0. The van der Waals surface area contributed by atoms with Crippen LogP contribution in [0.3, 0.4) is 0 Å². The number of carbonyl (C=O) groups excluding carboxylic acids is 1. The number of aromatic nitrogens is 1. The molecule has 0 saturated carbocycles. The molecule has 1 aliphatic heterocycles. The van der Waals surface area contributed by atoms with Crippen LogP contribution >= 0.6 is 11.3 Å². The fourth-order valence-electron chi connectivity index (χ4n) is 4.62. The van der Waals surface area contributed by atoms with Gasteiger partial charge in [-0.25, -0.2) is 13.4 Å². The van der Waals surface area contributed by atoms with Gasteiger partial charge in [0.15, 0.2) is 0 Å². The molecule has 6 nitrogen and oxygen atoms in total. The zero-order chi connectivity index (χ0) is 23.9. The summed E-state index contributed by atoms with van der Waals surface area (Å²) in [6, 6.07) is 10.0. The van der Waals surface area contributed by atoms with Gasteiger partial charge in [0.1, 0.15) is 5.01 Å². The number of sulfonamides is 1. The van der Waals surface area contributed by atoms with Crippen LogP contribution in [0.15, 0.2) is 35.2 Å². The Kier molecular flexibility index (Phi) is 6.62. The SMILES string of the molecule is Cc1cc(C)c(C)c(S(=O)(=O)N2CCC(C(=O)N(C)Cc3nc4ccccc4s3)CC2)c1C. The summed E-state index contributed by atoms with van der Waals surface area (Å²) in [6.45, 7) is 8.85. The van der Waals surface area contributed by atoms with Crippen LogP contribution in [0.4, 0.5) is 0 Å². The highest BCUT2D eigenvalue weighted by molar-refractivity contribution is 7.89. The predicted octanol–water partition coefficient (Wildman–Crippen LogP) is 4.59. The van der Waals surface area contributed by atoms with Gasteiger partial charge in [0.25, 0.3) is 0 Å². The molecule has 3 aromatic rings. The number of hydrogen-bond donors (Lipinski definition) is 0. The minimum atomic E-state index is -3.60. The highest BCUT2D eigenvalue weighted by Gasteiger charge is 2.35. The number of piperidine rings is 1. The third kappa shape index (κ3) is 4.56. The maximum Gasteiger partial charge on any atom is 0.243 e. The lowest BCUT2D eigenvalue weighted by Gasteiger charge is -2.33. The van der Waals surface area contributed by atoms with E-state index in [1.807, 2.05) is 58.0 Å². The number of fused-ring (bicyclic) bond motifs is 1. The van der Waals surface area contributed by atoms with E-state index >= 15 is 0 Å². The first-order chi connectivity index (χ1) is 15.6. The molecule has 0 radical (unpaired) electrons. The largest absolute Gasteiger partial charge is 0.339 e. The zero-order valence-electron chi connectivity index (χ0n) is 19.9. The number of benzene rings is 2. The maximum atomic E-state index is 13.5. The molecule has 0 unspecified atom stereocenters. The van der Waals surface area contributed by atoms with E-state index in [9.17, 15) is 13.2 Å². The quantitative estimate of drug-likeness (QED) is 0.530. The van der Waals surface area contributed by atoms with Crippen LogP contribution in [0.1, 0.15) is 40.1 Å². The summed E-state index contributed by atoms with van der Waals surface area (Å²) in [5.74, 6) is -0.109. The Hall–Kier alpha value is -2.29. The molecule has 0 spiro atoms. The number of thiazole rings is 1. The van der Waals surface area contributed by atoms with Crippen molar-refractivity contribution in [1.82, 2.24) is 14.2 Å². The minimum absolute atomic E-state index is 0.0602. The molecule has 0 N–H and O–H groups in total. The Morgan fingerprint density at radius 1 is 1.09 bits per heavy atom. The molecule has 4 rings (SSSR count). The van der Waals surface area contributed by atoms with E-state index in [4.69, 9.17) is 0 Å². The normalized spacial score (nSPS) is 15.8. The summed E-state index contributed by atoms with van der Waals surface area (Å²) >= 11 is 1.60. The monoisotopic (exact) mass is 485 g/mol. The van der Waals surface area contributed by atoms with E-state index in [1.165, 1.54) is 0 Å². The van der Waals surface area contributed by atoms with Crippen LogP contribution in [0.2, 0.25) is 0 Å². The van der Waals surface area contributed by atoms with Crippen molar-refractivity contribution in [3.8, 4) is 0 Å². The lowest BCUT2D eigenvalue weighted by molar-refractivity contribution is -0.135. The third-order valence-corrected chi connectivity index (χ3v) is 9.98. The van der Waals surface area contributed by atoms with Gasteiger partial charge in [-0.2, -0.15) is 4.31 Å². The van der Waals surface area contributed by atoms with Crippen LogP contribution in [-0.2, 0) is 21.4 Å². The number of hydrogen-bond acceptors (Lipinski definition) is 5. The molecule has 2 heterocycles. The van der Waals surface area contributed by atoms with Gasteiger partial charge in [-0.3, -0.25) is 4.79 Å². The Labute approximate surface area is 200 Å². The van der Waals surface area contributed by atoms with Gasteiger partial charge in [-0.05, 0) is 74.9 Å². The third-order valence-electron chi connectivity index (χ3n) is 6.79. The lowest BCUT2D eigenvalue weighted by Crippen LogP contribution is -2.43. The van der Waals surface area contributed by atoms with Crippen LogP contribution in [0.5, 0.6) is 0 Å². The average molecular weight is 486 g/mol. The Morgan fingerprint density at radius 2 is 1.70 bits per heavy atom. The topological polar surface area (TPSA) is 70.6 Å². The summed E-state index contributed by atoms with van der Waals surface area (Å²) < 4.78 is 29.7. The minimum Gasteiger partial charge on any atom is -0.339 e. The van der Waals surface area contributed by atoms with Crippen LogP contribution < -0.4 is 0 Å². The van der Waals surface area contributed by atoms with Gasteiger partial charge >= 0.3 is 0 Å². The number of aryl methyl sites for hydroxylation is 2. The van der Waals surface area contributed by atoms with Crippen molar-refractivity contribution in [3.05, 3.63) is 57.6 Å². The second kappa shape index (κ2) is 9.16. The van der Waals surface area contributed by atoms with Gasteiger partial charge in [0.2, 0.25) is 15.9 Å². The highest BCUT2D eigenvalue weighted by Crippen LogP contribution is 2.32. The van der Waals surface area contributed by atoms with Crippen molar-refractivity contribution in [3.63, 3.8) is 0 Å². The molecule has 2 aromatic carbocycles. The molecule has 176 valence electrons. The summed E-state index contributed by atoms with van der Waals surface area (Å²) in [4.78, 5) is 19.9. The Morgan fingerprint density at radius 3 is 2.30 bits per heavy atom. The van der Waals surface area contributed by atoms with Crippen molar-refractivity contribution in [2.75, 3.05) is 20.1 Å². The summed E-state index contributed by atoms with van der Waals surface area (Å²) in [7, 11) is -1.80. The van der Waals surface area contributed by atoms with Crippen molar-refractivity contribution in [2.24, 2.45) is 5.92 Å². The first-order valence-corrected chi connectivity index (χ1v) is 13.5. The highest BCUT2D eigenvalue weighted by atomic mass is 32.2. The maximum absolute atomic E-state index is 13.5. The molecule has 33 heavy (non-hydrogen) atoms. The Bertz CT molecular complexity index is 1250. The first-order valence-electron chi connectivity index (χ1n) is 11.3. The summed E-state index contributed by atoms with van der Waals surface area (Å²) in [5, 5.41) is 0.910. The van der Waals surface area contributed by atoms with E-state index in [2.05, 4.69) is 4.98 Å². The van der Waals surface area contributed by atoms with Gasteiger partial charge in [0, 0.05) is 26.1 Å². The molecule has 1 fully saturated rings. The number of amides is 1. The Balaban J connectivity index is 1.43. The molecule has 1 aromatic heterocycles. The standard InChI is InChI=1S/C25H31N3O3S2/c1-16-14-17(2)19(4)24(18(16)3)33(30,31)28-12-10-20(11-13-28)25(29)27(5)15-23-26-21-8-6-7-9-22(21)32-23/h6-9,14,20H,10-13,15H2,1-5H3. The molecule has 0 atom stereocenters. The van der Waals surface area contributed by atoms with Crippen LogP contribution in [0, 0.1) is 33.6 Å². The molecule has 8 heteroatoms. The zero-order valence-corrected chi connectivity index (χ0v) is 21.5. The van der Waals surface area contributed by atoms with Gasteiger partial charge in [-0.15, -0.1) is 11.3 Å². The van der Waals surface area contributed by atoms with Crippen LogP contribution in [0.25, 0.3) is 10.2 Å². The molecular weight excluding hydrogens is 454 g/mol. The number of para-hydroxylation sites is 1. The molecule has 1 saturated heterocycles. The van der Waals surface area contributed by atoms with E-state index < -0.39 is 10.0 Å². The summed E-state index contributed by atoms with van der Waals surface area (Å²) in [5.41, 5.74) is 4.55. The molecule has 1 amide bonds. The van der Waals surface area contributed by atoms with Crippen molar-refractivity contribution < 1.29 is 13.2 Å². The van der Waals surface area contributed by atoms with E-state index in [0.717, 1.165) is 37.5 Å². The molecular formula is C25H31N3O3S2. The first kappa shape index (κ1) is 23.9. The number of carbonyl (C=O) groups is 1. The number of nitrogens with zero attached hydrogens (tertiary/aromatic N) is 3. The van der Waals surface area contributed by atoms with E-state index in [1.54, 1.807) is 27.6 Å². The lowest BCUT2D eigenvalue weighted by atomic mass is 9.97. The molecule has 0 aliphatic carbocycles. The van der Waals surface area contributed by atoms with Crippen LogP contribution in [-0.4, -0.2) is 48.7 Å². The van der Waals surface area contributed by atoms with Gasteiger partial charge < -0.3 is 4.90 Å². The second-order valence-electron chi connectivity index (χ2n) is 9.04. The van der Waals surface area contributed by atoms with Gasteiger partial charge in [-0.1, -0.05) is 18.2 Å². The summed E-state index contributed by atoms with van der Waals surface area (Å²) in [6.07, 6.45) is 1.07. The van der Waals surface area contributed by atoms with Gasteiger partial charge in [0.05, 0.1) is 21.7 Å². The van der Waals surface area contributed by atoms with Crippen molar-refractivity contribution >= 4 is 37.5 Å². The van der Waals surface area contributed by atoms with Crippen molar-refractivity contribution in [2.45, 2.75) is 52.0 Å².